The minimum atomic E-state index is -1.68. The van der Waals surface area contributed by atoms with Gasteiger partial charge in [0, 0.05) is 4.11 Å². The lowest BCUT2D eigenvalue weighted by molar-refractivity contribution is -0.0282. The van der Waals surface area contributed by atoms with Crippen LogP contribution in [0.4, 0.5) is 0 Å². The summed E-state index contributed by atoms with van der Waals surface area (Å²) in [5.41, 5.74) is 0. The van der Waals surface area contributed by atoms with Crippen molar-refractivity contribution in [3.05, 3.63) is 0 Å². The van der Waals surface area contributed by atoms with Crippen molar-refractivity contribution in [1.82, 2.24) is 0 Å². The zero-order valence-corrected chi connectivity index (χ0v) is 6.92. The van der Waals surface area contributed by atoms with Crippen LogP contribution in [0.15, 0.2) is 0 Å². The highest BCUT2D eigenvalue weighted by molar-refractivity contribution is 4.96. The van der Waals surface area contributed by atoms with Crippen LogP contribution in [0.3, 0.4) is 0 Å². The molecule has 0 saturated heterocycles. The second-order valence-corrected chi connectivity index (χ2v) is 4.96. The molecule has 4 saturated carbocycles. The van der Waals surface area contributed by atoms with Crippen molar-refractivity contribution in [3.63, 3.8) is 0 Å². The molecule has 0 aliphatic heterocycles. The minimum absolute atomic E-state index is 0.0512. The van der Waals surface area contributed by atoms with E-state index in [1.165, 1.54) is 32.1 Å². The average molecular weight is 153 g/mol. The molecule has 0 aromatic heterocycles. The molecule has 0 aromatic carbocycles. The fraction of sp³-hybridized carbons (Fsp3) is 1.00. The molecule has 11 heavy (non-hydrogen) atoms. The summed E-state index contributed by atoms with van der Waals surface area (Å²) in [6, 6.07) is 0. The maximum absolute atomic E-state index is 7.64. The third-order valence-corrected chi connectivity index (χ3v) is 4.23. The molecule has 0 atom stereocenters. The lowest BCUT2D eigenvalue weighted by Crippen LogP contribution is -2.43. The van der Waals surface area contributed by atoms with Crippen LogP contribution >= 0.6 is 0 Å². The molecular weight excluding hydrogens is 132 g/mol. The molecule has 0 N–H and O–H groups in total. The Morgan fingerprint density at radius 3 is 1.91 bits per heavy atom. The molecule has 4 fully saturated rings. The molecule has 4 bridgehead atoms. The Labute approximate surface area is 73.6 Å². The molecular formula is C11H18. The predicted octanol–water partition coefficient (Wildman–Crippen LogP) is 3.08. The van der Waals surface area contributed by atoms with E-state index < -0.39 is 6.85 Å². The monoisotopic (exact) mass is 153 g/mol. The number of rotatable bonds is 0. The first kappa shape index (κ1) is 4.30. The Kier molecular flexibility index (Phi) is 0.791. The lowest BCUT2D eigenvalue weighted by atomic mass is 9.52. The fourth-order valence-corrected chi connectivity index (χ4v) is 3.93. The summed E-state index contributed by atoms with van der Waals surface area (Å²) in [7, 11) is 0. The highest BCUT2D eigenvalue weighted by atomic mass is 14.5. The van der Waals surface area contributed by atoms with E-state index in [0.29, 0.717) is 11.8 Å². The SMILES string of the molecule is [2H]C([2H])([2H])C1C2CC3CC(C2)CC1C3. The predicted molar refractivity (Wildman–Crippen MR) is 46.2 cm³/mol. The molecule has 4 rings (SSSR count). The van der Waals surface area contributed by atoms with Gasteiger partial charge in [0.15, 0.2) is 0 Å². The Hall–Kier alpha value is 0. The molecule has 0 heteroatoms. The van der Waals surface area contributed by atoms with E-state index in [0.717, 1.165) is 11.8 Å². The maximum atomic E-state index is 7.64. The first-order valence-electron chi connectivity index (χ1n) is 6.54. The Morgan fingerprint density at radius 2 is 1.45 bits per heavy atom. The van der Waals surface area contributed by atoms with Gasteiger partial charge < -0.3 is 0 Å². The summed E-state index contributed by atoms with van der Waals surface area (Å²) < 4.78 is 22.9. The highest BCUT2D eigenvalue weighted by Gasteiger charge is 2.45. The zero-order chi connectivity index (χ0) is 9.92. The number of hydrogen-bond donors (Lipinski definition) is 0. The minimum Gasteiger partial charge on any atom is -0.0620 e. The summed E-state index contributed by atoms with van der Waals surface area (Å²) in [6.07, 6.45) is 6.28. The first-order chi connectivity index (χ1) is 6.54. The van der Waals surface area contributed by atoms with Crippen molar-refractivity contribution in [3.8, 4) is 0 Å². The molecule has 0 unspecified atom stereocenters. The topological polar surface area (TPSA) is 0 Å². The van der Waals surface area contributed by atoms with Crippen LogP contribution < -0.4 is 0 Å². The van der Waals surface area contributed by atoms with Crippen molar-refractivity contribution in [2.75, 3.05) is 0 Å². The van der Waals surface area contributed by atoms with Gasteiger partial charge in [-0.05, 0) is 61.7 Å². The van der Waals surface area contributed by atoms with Crippen LogP contribution in [0.25, 0.3) is 0 Å². The van der Waals surface area contributed by atoms with Gasteiger partial charge >= 0.3 is 0 Å². The number of hydrogen-bond acceptors (Lipinski definition) is 0. The lowest BCUT2D eigenvalue weighted by Gasteiger charge is -2.53. The van der Waals surface area contributed by atoms with Crippen molar-refractivity contribution in [1.29, 1.82) is 0 Å². The van der Waals surface area contributed by atoms with Gasteiger partial charge in [0.25, 0.3) is 0 Å². The summed E-state index contributed by atoms with van der Waals surface area (Å²) in [5, 5.41) is 0. The maximum Gasteiger partial charge on any atom is 0.0233 e. The van der Waals surface area contributed by atoms with Crippen LogP contribution in [0.2, 0.25) is 0 Å². The van der Waals surface area contributed by atoms with Gasteiger partial charge in [-0.25, -0.2) is 0 Å². The largest absolute Gasteiger partial charge is 0.0620 e. The summed E-state index contributed by atoms with van der Waals surface area (Å²) in [4.78, 5) is 0. The molecule has 0 aromatic rings. The van der Waals surface area contributed by atoms with E-state index in [1.807, 2.05) is 0 Å². The third-order valence-electron chi connectivity index (χ3n) is 4.23. The van der Waals surface area contributed by atoms with Crippen LogP contribution in [0.5, 0.6) is 0 Å². The molecule has 0 spiro atoms. The van der Waals surface area contributed by atoms with Crippen molar-refractivity contribution >= 4 is 0 Å². The Bertz CT molecular complexity index is 215. The standard InChI is InChI=1S/C11H18/c1-7-10-3-8-2-9(5-10)6-11(7)4-8/h7-11H,2-6H2,1H3/i1D3. The van der Waals surface area contributed by atoms with Crippen LogP contribution in [-0.4, -0.2) is 0 Å². The average Bonchev–Trinajstić information content (AvgIpc) is 1.97. The third kappa shape index (κ3) is 0.816. The summed E-state index contributed by atoms with van der Waals surface area (Å²) in [5.74, 6) is 2.90. The Morgan fingerprint density at radius 1 is 0.909 bits per heavy atom. The smallest absolute Gasteiger partial charge is 0.0233 e. The van der Waals surface area contributed by atoms with Crippen LogP contribution in [-0.2, 0) is 0 Å². The van der Waals surface area contributed by atoms with E-state index in [4.69, 9.17) is 4.11 Å². The van der Waals surface area contributed by atoms with Gasteiger partial charge in [-0.15, -0.1) is 0 Å². The van der Waals surface area contributed by atoms with E-state index >= 15 is 0 Å². The summed E-state index contributed by atoms with van der Waals surface area (Å²) >= 11 is 0. The molecule has 4 aliphatic rings. The second-order valence-electron chi connectivity index (χ2n) is 4.96. The van der Waals surface area contributed by atoms with Gasteiger partial charge in [-0.3, -0.25) is 0 Å². The van der Waals surface area contributed by atoms with Gasteiger partial charge in [0.1, 0.15) is 0 Å². The van der Waals surface area contributed by atoms with Crippen LogP contribution in [0, 0.1) is 29.6 Å². The molecule has 4 aliphatic carbocycles. The van der Waals surface area contributed by atoms with E-state index in [9.17, 15) is 0 Å². The highest BCUT2D eigenvalue weighted by Crippen LogP contribution is 2.56. The quantitative estimate of drug-likeness (QED) is 0.501. The molecule has 62 valence electrons. The van der Waals surface area contributed by atoms with Crippen molar-refractivity contribution < 1.29 is 4.11 Å². The first-order valence-corrected chi connectivity index (χ1v) is 5.04. The molecule has 0 radical (unpaired) electrons. The van der Waals surface area contributed by atoms with E-state index in [-0.39, 0.29) is 5.92 Å². The van der Waals surface area contributed by atoms with Gasteiger partial charge in [-0.2, -0.15) is 0 Å². The van der Waals surface area contributed by atoms with Gasteiger partial charge in [0.2, 0.25) is 0 Å². The fourth-order valence-electron chi connectivity index (χ4n) is 3.93. The Balaban J connectivity index is 1.88. The second kappa shape index (κ2) is 2.02. The molecule has 0 amide bonds. The molecule has 0 heterocycles. The summed E-state index contributed by atoms with van der Waals surface area (Å²) in [6.45, 7) is -1.68. The molecule has 0 nitrogen and oxygen atoms in total. The van der Waals surface area contributed by atoms with E-state index in [2.05, 4.69) is 0 Å². The zero-order valence-electron chi connectivity index (χ0n) is 9.92. The normalized spacial score (nSPS) is 65.5. The van der Waals surface area contributed by atoms with Crippen molar-refractivity contribution in [2.24, 2.45) is 29.6 Å². The van der Waals surface area contributed by atoms with Crippen LogP contribution in [0.1, 0.15) is 43.1 Å². The van der Waals surface area contributed by atoms with Crippen molar-refractivity contribution in [2.45, 2.75) is 39.0 Å². The van der Waals surface area contributed by atoms with Gasteiger partial charge in [-0.1, -0.05) is 6.85 Å². The van der Waals surface area contributed by atoms with E-state index in [1.54, 1.807) is 0 Å². The van der Waals surface area contributed by atoms with Gasteiger partial charge in [0.05, 0.1) is 0 Å².